The van der Waals surface area contributed by atoms with Gasteiger partial charge in [-0.2, -0.15) is 5.10 Å². The van der Waals surface area contributed by atoms with E-state index >= 15 is 0 Å². The van der Waals surface area contributed by atoms with E-state index in [1.165, 1.54) is 0 Å². The van der Waals surface area contributed by atoms with E-state index in [2.05, 4.69) is 95.7 Å². The fourth-order valence-electron chi connectivity index (χ4n) is 5.65. The first-order chi connectivity index (χ1) is 19.9. The zero-order valence-corrected chi connectivity index (χ0v) is 24.9. The molecule has 6 nitrogen and oxygen atoms in total. The number of aromatic nitrogens is 2. The summed E-state index contributed by atoms with van der Waals surface area (Å²) in [6.07, 6.45) is 0.942. The Morgan fingerprint density at radius 1 is 0.829 bits per heavy atom. The fourth-order valence-corrected chi connectivity index (χ4v) is 5.65. The van der Waals surface area contributed by atoms with Crippen molar-refractivity contribution >= 4 is 11.7 Å². The van der Waals surface area contributed by atoms with Crippen molar-refractivity contribution in [3.63, 3.8) is 0 Å². The molecule has 1 aliphatic heterocycles. The van der Waals surface area contributed by atoms with Crippen LogP contribution in [0.2, 0.25) is 0 Å². The molecule has 3 aromatic carbocycles. The first-order valence-electron chi connectivity index (χ1n) is 14.9. The number of piperazine rings is 1. The molecule has 1 saturated heterocycles. The molecule has 1 aliphatic rings. The lowest BCUT2D eigenvalue weighted by Gasteiger charge is -2.35. The van der Waals surface area contributed by atoms with Gasteiger partial charge in [-0.25, -0.2) is 4.68 Å². The summed E-state index contributed by atoms with van der Waals surface area (Å²) in [7, 11) is 2.18. The van der Waals surface area contributed by atoms with Gasteiger partial charge in [0.05, 0.1) is 23.8 Å². The second-order valence-corrected chi connectivity index (χ2v) is 11.6. The minimum Gasteiger partial charge on any atom is -0.354 e. The lowest BCUT2D eigenvalue weighted by Crippen LogP contribution is -2.46. The van der Waals surface area contributed by atoms with Crippen molar-refractivity contribution in [1.82, 2.24) is 19.6 Å². The first-order valence-corrected chi connectivity index (χ1v) is 14.9. The lowest BCUT2D eigenvalue weighted by molar-refractivity contribution is -0.132. The molecule has 0 spiro atoms. The van der Waals surface area contributed by atoms with Gasteiger partial charge in [0.1, 0.15) is 5.82 Å². The smallest absolute Gasteiger partial charge is 0.234 e. The van der Waals surface area contributed by atoms with Gasteiger partial charge in [0.15, 0.2) is 0 Å². The van der Waals surface area contributed by atoms with Gasteiger partial charge in [0, 0.05) is 38.3 Å². The van der Waals surface area contributed by atoms with Crippen molar-refractivity contribution in [3.8, 4) is 5.69 Å². The van der Waals surface area contributed by atoms with E-state index in [0.29, 0.717) is 19.0 Å². The molecule has 0 bridgehead atoms. The number of amides is 1. The van der Waals surface area contributed by atoms with E-state index in [4.69, 9.17) is 5.10 Å². The molecule has 2 heterocycles. The van der Waals surface area contributed by atoms with Crippen molar-refractivity contribution in [2.24, 2.45) is 5.92 Å². The summed E-state index contributed by atoms with van der Waals surface area (Å²) >= 11 is 0. The van der Waals surface area contributed by atoms with E-state index in [0.717, 1.165) is 66.5 Å². The molecule has 0 unspecified atom stereocenters. The van der Waals surface area contributed by atoms with Gasteiger partial charge in [-0.1, -0.05) is 92.7 Å². The van der Waals surface area contributed by atoms with Crippen LogP contribution in [0, 0.1) is 12.8 Å². The highest BCUT2D eigenvalue weighted by Crippen LogP contribution is 2.32. The average Bonchev–Trinajstić information content (AvgIpc) is 3.32. The summed E-state index contributed by atoms with van der Waals surface area (Å²) in [5, 5.41) is 5.07. The van der Waals surface area contributed by atoms with Crippen LogP contribution in [-0.2, 0) is 11.3 Å². The topological polar surface area (TPSA) is 44.6 Å². The molecule has 41 heavy (non-hydrogen) atoms. The minimum atomic E-state index is -0.360. The number of carbonyl (C=O) groups excluding carboxylic acids is 1. The number of likely N-dealkylation sites (N-methyl/N-ethyl adjacent to an activating group) is 1. The van der Waals surface area contributed by atoms with Gasteiger partial charge in [-0.15, -0.1) is 0 Å². The van der Waals surface area contributed by atoms with Gasteiger partial charge < -0.3 is 14.7 Å². The van der Waals surface area contributed by atoms with Crippen LogP contribution in [0.3, 0.4) is 0 Å². The summed E-state index contributed by atoms with van der Waals surface area (Å²) in [6, 6.07) is 30.8. The van der Waals surface area contributed by atoms with Crippen molar-refractivity contribution in [3.05, 3.63) is 113 Å². The zero-order chi connectivity index (χ0) is 28.8. The van der Waals surface area contributed by atoms with Gasteiger partial charge >= 0.3 is 0 Å². The molecule has 0 atom stereocenters. The highest BCUT2D eigenvalue weighted by atomic mass is 16.2. The monoisotopic (exact) mass is 549 g/mol. The summed E-state index contributed by atoms with van der Waals surface area (Å²) in [5.41, 5.74) is 5.20. The quantitative estimate of drug-likeness (QED) is 0.238. The van der Waals surface area contributed by atoms with Crippen LogP contribution in [0.4, 0.5) is 5.82 Å². The third-order valence-corrected chi connectivity index (χ3v) is 8.11. The molecule has 0 radical (unpaired) electrons. The maximum absolute atomic E-state index is 14.7. The molecule has 1 fully saturated rings. The minimum absolute atomic E-state index is 0.138. The Hall–Kier alpha value is -3.90. The Labute approximate surface area is 245 Å². The van der Waals surface area contributed by atoms with Crippen molar-refractivity contribution in [1.29, 1.82) is 0 Å². The zero-order valence-electron chi connectivity index (χ0n) is 24.9. The van der Waals surface area contributed by atoms with E-state index in [-0.39, 0.29) is 11.8 Å². The number of aryl methyl sites for hydroxylation is 1. The first kappa shape index (κ1) is 28.6. The Balaban J connectivity index is 1.57. The maximum atomic E-state index is 14.7. The van der Waals surface area contributed by atoms with Crippen LogP contribution in [0.5, 0.6) is 0 Å². The normalized spacial score (nSPS) is 14.1. The number of carbonyl (C=O) groups is 1. The molecule has 4 aromatic rings. The van der Waals surface area contributed by atoms with Crippen molar-refractivity contribution < 1.29 is 4.79 Å². The summed E-state index contributed by atoms with van der Waals surface area (Å²) in [4.78, 5) is 21.6. The molecule has 6 heteroatoms. The van der Waals surface area contributed by atoms with E-state index < -0.39 is 0 Å². The Bertz CT molecular complexity index is 1350. The number of rotatable bonds is 10. The Kier molecular flexibility index (Phi) is 9.20. The molecule has 1 amide bonds. The van der Waals surface area contributed by atoms with Gasteiger partial charge in [0.2, 0.25) is 5.91 Å². The summed E-state index contributed by atoms with van der Waals surface area (Å²) in [6.45, 7) is 11.6. The van der Waals surface area contributed by atoms with Crippen LogP contribution >= 0.6 is 0 Å². The van der Waals surface area contributed by atoms with Crippen LogP contribution in [0.25, 0.3) is 5.69 Å². The van der Waals surface area contributed by atoms with Crippen LogP contribution in [0.1, 0.15) is 48.6 Å². The molecule has 0 N–H and O–H groups in total. The SMILES string of the molecule is Cc1nn(-c2ccccc2)c(N2CCN(C)CC2)c1CN(CCC(C)C)C(=O)C(c1ccccc1)c1ccccc1. The number of hydrogen-bond donors (Lipinski definition) is 0. The fraction of sp³-hybridized carbons (Fsp3) is 0.371. The number of benzene rings is 3. The molecular formula is C35H43N5O. The number of para-hydroxylation sites is 1. The molecule has 0 saturated carbocycles. The molecular weight excluding hydrogens is 506 g/mol. The molecule has 1 aromatic heterocycles. The predicted molar refractivity (Wildman–Crippen MR) is 168 cm³/mol. The third kappa shape index (κ3) is 6.71. The highest BCUT2D eigenvalue weighted by Gasteiger charge is 2.31. The highest BCUT2D eigenvalue weighted by molar-refractivity contribution is 5.87. The maximum Gasteiger partial charge on any atom is 0.234 e. The average molecular weight is 550 g/mol. The lowest BCUT2D eigenvalue weighted by atomic mass is 9.89. The van der Waals surface area contributed by atoms with E-state index in [1.807, 2.05) is 42.5 Å². The Morgan fingerprint density at radius 3 is 1.90 bits per heavy atom. The summed E-state index contributed by atoms with van der Waals surface area (Å²) < 4.78 is 2.09. The van der Waals surface area contributed by atoms with Crippen molar-refractivity contribution in [2.75, 3.05) is 44.7 Å². The number of hydrogen-bond acceptors (Lipinski definition) is 4. The van der Waals surface area contributed by atoms with Gasteiger partial charge in [0.25, 0.3) is 0 Å². The van der Waals surface area contributed by atoms with E-state index in [9.17, 15) is 4.79 Å². The van der Waals surface area contributed by atoms with Crippen LogP contribution in [-0.4, -0.2) is 65.3 Å². The number of anilines is 1. The van der Waals surface area contributed by atoms with Crippen LogP contribution < -0.4 is 4.90 Å². The molecule has 5 rings (SSSR count). The standard InChI is InChI=1S/C35H43N5O/c1-27(2)20-21-39(35(41)33(29-14-8-5-9-15-29)30-16-10-6-11-17-30)26-32-28(3)36-40(31-18-12-7-13-19-31)34(32)38-24-22-37(4)23-25-38/h5-19,27,33H,20-26H2,1-4H3. The van der Waals surface area contributed by atoms with Crippen LogP contribution in [0.15, 0.2) is 91.0 Å². The van der Waals surface area contributed by atoms with E-state index in [1.54, 1.807) is 0 Å². The molecule has 214 valence electrons. The van der Waals surface area contributed by atoms with Crippen molar-refractivity contribution in [2.45, 2.75) is 39.7 Å². The van der Waals surface area contributed by atoms with Gasteiger partial charge in [-0.05, 0) is 49.6 Å². The number of nitrogens with zero attached hydrogens (tertiary/aromatic N) is 5. The second kappa shape index (κ2) is 13.2. The molecule has 0 aliphatic carbocycles. The van der Waals surface area contributed by atoms with Gasteiger partial charge in [-0.3, -0.25) is 4.79 Å². The Morgan fingerprint density at radius 2 is 1.37 bits per heavy atom. The third-order valence-electron chi connectivity index (χ3n) is 8.11. The largest absolute Gasteiger partial charge is 0.354 e. The predicted octanol–water partition coefficient (Wildman–Crippen LogP) is 6.14. The summed E-state index contributed by atoms with van der Waals surface area (Å²) in [5.74, 6) is 1.38. The second-order valence-electron chi connectivity index (χ2n) is 11.6.